The fourth-order valence-electron chi connectivity index (χ4n) is 1.68. The van der Waals surface area contributed by atoms with Gasteiger partial charge in [-0.05, 0) is 31.8 Å². The van der Waals surface area contributed by atoms with Gasteiger partial charge in [0.25, 0.3) is 0 Å². The van der Waals surface area contributed by atoms with Crippen molar-refractivity contribution in [1.29, 1.82) is 0 Å². The highest BCUT2D eigenvalue weighted by molar-refractivity contribution is 7.98. The van der Waals surface area contributed by atoms with Gasteiger partial charge in [0.1, 0.15) is 0 Å². The summed E-state index contributed by atoms with van der Waals surface area (Å²) in [5.41, 5.74) is 0. The van der Waals surface area contributed by atoms with Gasteiger partial charge in [-0.1, -0.05) is 26.2 Å². The van der Waals surface area contributed by atoms with Crippen LogP contribution >= 0.6 is 11.8 Å². The number of carbonyl (C=O) groups excluding carboxylic acids is 2. The first-order valence-corrected chi connectivity index (χ1v) is 8.17. The lowest BCUT2D eigenvalue weighted by atomic mass is 10.1. The van der Waals surface area contributed by atoms with Crippen molar-refractivity contribution >= 4 is 23.8 Å². The van der Waals surface area contributed by atoms with Gasteiger partial charge in [0.2, 0.25) is 0 Å². The Kier molecular flexibility index (Phi) is 10.4. The number of carboxylic acid groups (broad SMARTS) is 1. The number of amides is 2. The Balaban J connectivity index is 4.00. The van der Waals surface area contributed by atoms with Gasteiger partial charge < -0.3 is 20.5 Å². The molecule has 0 unspecified atom stereocenters. The lowest BCUT2D eigenvalue weighted by Gasteiger charge is -2.21. The summed E-state index contributed by atoms with van der Waals surface area (Å²) in [5.74, 6) is -0.562. The molecule has 0 saturated heterocycles. The molecule has 0 aromatic carbocycles. The number of carboxylic acids is 1. The number of unbranched alkanes of at least 4 members (excludes halogenated alkanes) is 2. The average molecular weight is 289 g/mol. The zero-order chi connectivity index (χ0) is 14.7. The third kappa shape index (κ3) is 9.64. The molecule has 0 aliphatic rings. The highest BCUT2D eigenvalue weighted by Crippen LogP contribution is 2.03. The predicted molar refractivity (Wildman–Crippen MR) is 77.1 cm³/mol. The van der Waals surface area contributed by atoms with Crippen molar-refractivity contribution in [2.75, 3.05) is 12.0 Å². The van der Waals surface area contributed by atoms with E-state index in [-0.39, 0.29) is 6.04 Å². The van der Waals surface area contributed by atoms with E-state index >= 15 is 0 Å². The van der Waals surface area contributed by atoms with Crippen LogP contribution in [0.4, 0.5) is 4.79 Å². The number of hydrogen-bond acceptors (Lipinski definition) is 4. The molecule has 0 radical (unpaired) electrons. The molecule has 0 fully saturated rings. The number of hydrogen-bond donors (Lipinski definition) is 2. The minimum atomic E-state index is -1.23. The monoisotopic (exact) mass is 289 g/mol. The van der Waals surface area contributed by atoms with Crippen molar-refractivity contribution in [2.45, 2.75) is 58.0 Å². The van der Waals surface area contributed by atoms with E-state index in [2.05, 4.69) is 17.6 Å². The van der Waals surface area contributed by atoms with E-state index in [1.807, 2.05) is 13.2 Å². The summed E-state index contributed by atoms with van der Waals surface area (Å²) in [7, 11) is 0. The number of nitrogens with one attached hydrogen (secondary N) is 2. The van der Waals surface area contributed by atoms with Crippen LogP contribution in [-0.4, -0.2) is 36.1 Å². The molecular weight excluding hydrogens is 264 g/mol. The van der Waals surface area contributed by atoms with Gasteiger partial charge in [0.05, 0.1) is 12.0 Å². The molecule has 112 valence electrons. The van der Waals surface area contributed by atoms with Gasteiger partial charge in [0, 0.05) is 6.04 Å². The van der Waals surface area contributed by atoms with E-state index in [0.717, 1.165) is 25.7 Å². The van der Waals surface area contributed by atoms with Crippen LogP contribution in [0.1, 0.15) is 46.0 Å². The zero-order valence-corrected chi connectivity index (χ0v) is 12.8. The quantitative estimate of drug-likeness (QED) is 0.591. The normalized spacial score (nSPS) is 13.6. The van der Waals surface area contributed by atoms with Crippen molar-refractivity contribution in [3.63, 3.8) is 0 Å². The fraction of sp³-hybridized carbons (Fsp3) is 0.846. The number of thioether (sulfide) groups is 1. The largest absolute Gasteiger partial charge is 0.548 e. The van der Waals surface area contributed by atoms with Gasteiger partial charge in [0.15, 0.2) is 0 Å². The minimum absolute atomic E-state index is 0.0505. The second-order valence-corrected chi connectivity index (χ2v) is 5.65. The summed E-state index contributed by atoms with van der Waals surface area (Å²) in [6, 6.07) is -1.30. The number of aliphatic carboxylic acids is 1. The van der Waals surface area contributed by atoms with Crippen LogP contribution in [0.3, 0.4) is 0 Å². The van der Waals surface area contributed by atoms with E-state index in [1.54, 1.807) is 0 Å². The average Bonchev–Trinajstić information content (AvgIpc) is 2.34. The highest BCUT2D eigenvalue weighted by Gasteiger charge is 2.14. The molecular formula is C13H25N2O3S-. The van der Waals surface area contributed by atoms with Crippen LogP contribution in [0, 0.1) is 0 Å². The molecule has 2 atom stereocenters. The third-order valence-corrected chi connectivity index (χ3v) is 3.46. The molecule has 19 heavy (non-hydrogen) atoms. The molecule has 0 bridgehead atoms. The topological polar surface area (TPSA) is 81.3 Å². The van der Waals surface area contributed by atoms with Crippen LogP contribution in [0.25, 0.3) is 0 Å². The molecule has 0 rings (SSSR count). The van der Waals surface area contributed by atoms with Crippen LogP contribution in [0.15, 0.2) is 0 Å². The van der Waals surface area contributed by atoms with Crippen molar-refractivity contribution in [1.82, 2.24) is 10.6 Å². The molecule has 2 amide bonds. The molecule has 0 spiro atoms. The van der Waals surface area contributed by atoms with Crippen LogP contribution in [0.5, 0.6) is 0 Å². The van der Waals surface area contributed by atoms with E-state index < -0.39 is 18.0 Å². The standard InChI is InChI=1S/C13H26N2O3S/c1-4-5-6-7-10(2)14-13(18)15-11(12(16)17)8-9-19-3/h10-11H,4-9H2,1-3H3,(H,16,17)(H2,14,15,18)/p-1/t10-,11+/m0/s1. The lowest BCUT2D eigenvalue weighted by molar-refractivity contribution is -0.308. The third-order valence-electron chi connectivity index (χ3n) is 2.82. The van der Waals surface area contributed by atoms with E-state index in [9.17, 15) is 14.7 Å². The Morgan fingerprint density at radius 3 is 2.42 bits per heavy atom. The summed E-state index contributed by atoms with van der Waals surface area (Å²) >= 11 is 1.54. The zero-order valence-electron chi connectivity index (χ0n) is 12.0. The summed E-state index contributed by atoms with van der Waals surface area (Å²) in [5, 5.41) is 16.1. The lowest BCUT2D eigenvalue weighted by Crippen LogP contribution is -2.52. The van der Waals surface area contributed by atoms with Gasteiger partial charge in [-0.15, -0.1) is 0 Å². The minimum Gasteiger partial charge on any atom is -0.548 e. The molecule has 2 N–H and O–H groups in total. The molecule has 5 nitrogen and oxygen atoms in total. The predicted octanol–water partition coefficient (Wildman–Crippen LogP) is 1.13. The molecule has 0 aromatic rings. The van der Waals surface area contributed by atoms with Gasteiger partial charge in [-0.25, -0.2) is 4.79 Å². The Labute approximate surface area is 119 Å². The second-order valence-electron chi connectivity index (χ2n) is 4.67. The maximum Gasteiger partial charge on any atom is 0.315 e. The molecule has 0 heterocycles. The number of rotatable bonds is 10. The maximum absolute atomic E-state index is 11.6. The summed E-state index contributed by atoms with van der Waals surface area (Å²) < 4.78 is 0. The van der Waals surface area contributed by atoms with Crippen molar-refractivity contribution < 1.29 is 14.7 Å². The van der Waals surface area contributed by atoms with Crippen LogP contribution in [-0.2, 0) is 4.79 Å². The first-order chi connectivity index (χ1) is 9.01. The fourth-order valence-corrected chi connectivity index (χ4v) is 2.15. The smallest absolute Gasteiger partial charge is 0.315 e. The Morgan fingerprint density at radius 2 is 1.89 bits per heavy atom. The summed E-state index contributed by atoms with van der Waals surface area (Å²) in [6.07, 6.45) is 6.52. The van der Waals surface area contributed by atoms with E-state index in [4.69, 9.17) is 0 Å². The molecule has 6 heteroatoms. The van der Waals surface area contributed by atoms with Crippen molar-refractivity contribution in [2.24, 2.45) is 0 Å². The number of carbonyl (C=O) groups is 2. The van der Waals surface area contributed by atoms with Gasteiger partial charge in [-0.3, -0.25) is 0 Å². The maximum atomic E-state index is 11.6. The molecule has 0 aliphatic heterocycles. The van der Waals surface area contributed by atoms with Crippen molar-refractivity contribution in [3.8, 4) is 0 Å². The molecule has 0 aliphatic carbocycles. The molecule has 0 saturated carbocycles. The highest BCUT2D eigenvalue weighted by atomic mass is 32.2. The Bertz CT molecular complexity index is 275. The first-order valence-electron chi connectivity index (χ1n) is 6.78. The van der Waals surface area contributed by atoms with Crippen LogP contribution < -0.4 is 15.7 Å². The summed E-state index contributed by atoms with van der Waals surface area (Å²) in [4.78, 5) is 22.5. The number of urea groups is 1. The summed E-state index contributed by atoms with van der Waals surface area (Å²) in [6.45, 7) is 4.05. The van der Waals surface area contributed by atoms with E-state index in [0.29, 0.717) is 12.2 Å². The van der Waals surface area contributed by atoms with Gasteiger partial charge >= 0.3 is 6.03 Å². The second kappa shape index (κ2) is 11.0. The first kappa shape index (κ1) is 18.1. The van der Waals surface area contributed by atoms with Gasteiger partial charge in [-0.2, -0.15) is 11.8 Å². The molecule has 0 aromatic heterocycles. The Morgan fingerprint density at radius 1 is 1.21 bits per heavy atom. The van der Waals surface area contributed by atoms with Crippen molar-refractivity contribution in [3.05, 3.63) is 0 Å². The van der Waals surface area contributed by atoms with E-state index in [1.165, 1.54) is 11.8 Å². The van der Waals surface area contributed by atoms with Crippen LogP contribution in [0.2, 0.25) is 0 Å². The SMILES string of the molecule is CCCCC[C@H](C)NC(=O)N[C@H](CCSC)C(=O)[O-]. The Hall–Kier alpha value is -0.910.